The quantitative estimate of drug-likeness (QED) is 0.0438. The SMILES string of the molecule is CCCCCCCCCCCCCCCCCCn1c(-c2ccc(OCc3ccccc3)c(OC)c2)c(OCc2ccccc2)c(=O)c2c(OCc3ccccc3)cc(OC)cc21. The Kier molecular flexibility index (Phi) is 19.4. The van der Waals surface area contributed by atoms with Gasteiger partial charge in [0.05, 0.1) is 30.8 Å². The van der Waals surface area contributed by atoms with Gasteiger partial charge in [0.2, 0.25) is 5.43 Å². The molecule has 63 heavy (non-hydrogen) atoms. The van der Waals surface area contributed by atoms with Gasteiger partial charge in [-0.05, 0) is 41.3 Å². The number of pyridine rings is 1. The minimum absolute atomic E-state index is 0.222. The second-order valence-corrected chi connectivity index (χ2v) is 16.7. The van der Waals surface area contributed by atoms with Gasteiger partial charge >= 0.3 is 0 Å². The summed E-state index contributed by atoms with van der Waals surface area (Å²) in [6.07, 6.45) is 20.7. The molecule has 0 atom stereocenters. The number of benzene rings is 5. The fourth-order valence-electron chi connectivity index (χ4n) is 8.32. The van der Waals surface area contributed by atoms with Crippen molar-refractivity contribution in [1.29, 1.82) is 0 Å². The number of hydrogen-bond donors (Lipinski definition) is 0. The summed E-state index contributed by atoms with van der Waals surface area (Å²) in [5, 5.41) is 0.463. The Labute approximate surface area is 376 Å². The molecule has 6 rings (SSSR count). The molecule has 7 nitrogen and oxygen atoms in total. The van der Waals surface area contributed by atoms with Crippen molar-refractivity contribution in [3.05, 3.63) is 148 Å². The van der Waals surface area contributed by atoms with Crippen LogP contribution in [0, 0.1) is 0 Å². The maximum Gasteiger partial charge on any atom is 0.235 e. The minimum Gasteiger partial charge on any atom is -0.497 e. The number of nitrogens with zero attached hydrogens (tertiary/aromatic N) is 1. The lowest BCUT2D eigenvalue weighted by Gasteiger charge is -2.23. The number of ether oxygens (including phenoxy) is 5. The van der Waals surface area contributed by atoms with E-state index in [4.69, 9.17) is 23.7 Å². The number of aromatic nitrogens is 1. The zero-order valence-electron chi connectivity index (χ0n) is 38.1. The predicted molar refractivity (Wildman–Crippen MR) is 259 cm³/mol. The van der Waals surface area contributed by atoms with E-state index in [2.05, 4.69) is 11.5 Å². The second kappa shape index (κ2) is 26.1. The van der Waals surface area contributed by atoms with Gasteiger partial charge < -0.3 is 28.3 Å². The van der Waals surface area contributed by atoms with E-state index in [9.17, 15) is 0 Å². The topological polar surface area (TPSA) is 68.2 Å². The van der Waals surface area contributed by atoms with Crippen LogP contribution < -0.4 is 29.1 Å². The lowest BCUT2D eigenvalue weighted by atomic mass is 10.0. The van der Waals surface area contributed by atoms with Gasteiger partial charge in [-0.1, -0.05) is 194 Å². The van der Waals surface area contributed by atoms with Crippen molar-refractivity contribution in [2.24, 2.45) is 0 Å². The molecule has 0 spiro atoms. The van der Waals surface area contributed by atoms with E-state index >= 15 is 4.79 Å². The molecule has 0 radical (unpaired) electrons. The highest BCUT2D eigenvalue weighted by Crippen LogP contribution is 2.41. The molecular weight excluding hydrogens is 783 g/mol. The van der Waals surface area contributed by atoms with Crippen LogP contribution in [0.1, 0.15) is 126 Å². The van der Waals surface area contributed by atoms with E-state index in [-0.39, 0.29) is 17.8 Å². The zero-order valence-corrected chi connectivity index (χ0v) is 38.1. The first-order chi connectivity index (χ1) is 31.1. The maximum atomic E-state index is 15.1. The number of rotatable bonds is 29. The normalized spacial score (nSPS) is 11.2. The largest absolute Gasteiger partial charge is 0.497 e. The summed E-state index contributed by atoms with van der Waals surface area (Å²) < 4.78 is 33.5. The molecule has 0 unspecified atom stereocenters. The highest BCUT2D eigenvalue weighted by molar-refractivity contribution is 5.92. The van der Waals surface area contributed by atoms with E-state index < -0.39 is 0 Å². The van der Waals surface area contributed by atoms with E-state index in [1.807, 2.05) is 121 Å². The molecule has 0 N–H and O–H groups in total. The fraction of sp³-hybridized carbons (Fsp3) is 0.411. The molecule has 0 aliphatic heterocycles. The molecule has 0 aliphatic rings. The van der Waals surface area contributed by atoms with Gasteiger partial charge in [-0.15, -0.1) is 0 Å². The van der Waals surface area contributed by atoms with Crippen LogP contribution in [0.15, 0.2) is 126 Å². The highest BCUT2D eigenvalue weighted by Gasteiger charge is 2.25. The van der Waals surface area contributed by atoms with E-state index in [0.717, 1.165) is 40.6 Å². The fourth-order valence-corrected chi connectivity index (χ4v) is 8.32. The minimum atomic E-state index is -0.242. The Morgan fingerprint density at radius 2 is 0.937 bits per heavy atom. The molecule has 0 saturated heterocycles. The molecule has 0 amide bonds. The van der Waals surface area contributed by atoms with Gasteiger partial charge in [-0.3, -0.25) is 4.79 Å². The Morgan fingerprint density at radius 1 is 0.460 bits per heavy atom. The summed E-state index contributed by atoms with van der Waals surface area (Å²) in [6.45, 7) is 3.86. The Hall–Kier alpha value is -5.69. The van der Waals surface area contributed by atoms with Crippen LogP contribution in [0.4, 0.5) is 0 Å². The summed E-state index contributed by atoms with van der Waals surface area (Å²) in [5.74, 6) is 2.51. The van der Waals surface area contributed by atoms with Crippen LogP contribution in [-0.2, 0) is 26.4 Å². The maximum absolute atomic E-state index is 15.1. The Morgan fingerprint density at radius 3 is 1.43 bits per heavy atom. The van der Waals surface area contributed by atoms with Gasteiger partial charge in [-0.2, -0.15) is 0 Å². The molecule has 1 aromatic heterocycles. The molecule has 0 bridgehead atoms. The van der Waals surface area contributed by atoms with Crippen molar-refractivity contribution in [3.63, 3.8) is 0 Å². The lowest BCUT2D eigenvalue weighted by Crippen LogP contribution is -2.18. The van der Waals surface area contributed by atoms with Gasteiger partial charge in [0.15, 0.2) is 17.2 Å². The van der Waals surface area contributed by atoms with Crippen molar-refractivity contribution in [2.75, 3.05) is 14.2 Å². The molecule has 1 heterocycles. The third kappa shape index (κ3) is 14.2. The van der Waals surface area contributed by atoms with Crippen LogP contribution in [0.2, 0.25) is 0 Å². The highest BCUT2D eigenvalue weighted by atomic mass is 16.5. The van der Waals surface area contributed by atoms with Crippen LogP contribution in [-0.4, -0.2) is 18.8 Å². The van der Waals surface area contributed by atoms with Gasteiger partial charge in [0.25, 0.3) is 0 Å². The monoisotopic (exact) mass is 852 g/mol. The Balaban J connectivity index is 1.28. The number of unbranched alkanes of at least 4 members (excludes halogenated alkanes) is 15. The molecular formula is C56H69NO6. The van der Waals surface area contributed by atoms with Crippen molar-refractivity contribution in [2.45, 2.75) is 136 Å². The smallest absolute Gasteiger partial charge is 0.235 e. The van der Waals surface area contributed by atoms with Crippen molar-refractivity contribution < 1.29 is 23.7 Å². The number of methoxy groups -OCH3 is 2. The first kappa shape index (κ1) is 46.8. The van der Waals surface area contributed by atoms with Crippen LogP contribution >= 0.6 is 0 Å². The Bertz CT molecular complexity index is 2290. The molecule has 6 aromatic rings. The van der Waals surface area contributed by atoms with E-state index in [1.165, 1.54) is 89.9 Å². The molecule has 0 aliphatic carbocycles. The summed E-state index contributed by atoms with van der Waals surface area (Å²) >= 11 is 0. The molecule has 0 fully saturated rings. The van der Waals surface area contributed by atoms with Crippen molar-refractivity contribution >= 4 is 10.9 Å². The summed E-state index contributed by atoms with van der Waals surface area (Å²) in [4.78, 5) is 15.1. The predicted octanol–water partition coefficient (Wildman–Crippen LogP) is 14.7. The van der Waals surface area contributed by atoms with E-state index in [0.29, 0.717) is 53.8 Å². The molecule has 7 heteroatoms. The van der Waals surface area contributed by atoms with Crippen LogP contribution in [0.25, 0.3) is 22.2 Å². The third-order valence-electron chi connectivity index (χ3n) is 11.9. The summed E-state index contributed by atoms with van der Waals surface area (Å²) in [7, 11) is 3.30. The van der Waals surface area contributed by atoms with Gasteiger partial charge in [0.1, 0.15) is 31.3 Å². The molecule has 334 valence electrons. The van der Waals surface area contributed by atoms with E-state index in [1.54, 1.807) is 14.2 Å². The summed E-state index contributed by atoms with van der Waals surface area (Å²) in [5.41, 5.74) is 4.97. The second-order valence-electron chi connectivity index (χ2n) is 16.7. The molecule has 0 saturated carbocycles. The average Bonchev–Trinajstić information content (AvgIpc) is 3.33. The number of hydrogen-bond acceptors (Lipinski definition) is 6. The first-order valence-electron chi connectivity index (χ1n) is 23.6. The number of aryl methyl sites for hydroxylation is 1. The van der Waals surface area contributed by atoms with Crippen LogP contribution in [0.3, 0.4) is 0 Å². The molecule has 5 aromatic carbocycles. The van der Waals surface area contributed by atoms with Crippen molar-refractivity contribution in [1.82, 2.24) is 4.57 Å². The average molecular weight is 852 g/mol. The lowest BCUT2D eigenvalue weighted by molar-refractivity contribution is 0.284. The summed E-state index contributed by atoms with van der Waals surface area (Å²) in [6, 6.07) is 39.7. The third-order valence-corrected chi connectivity index (χ3v) is 11.9. The van der Waals surface area contributed by atoms with Crippen molar-refractivity contribution in [3.8, 4) is 40.0 Å². The zero-order chi connectivity index (χ0) is 43.9. The standard InChI is InChI=1S/C56H69NO6/c1-4-5-6-7-8-9-10-11-12-13-14-15-16-17-18-28-37-57-49-39-48(59-2)40-52(62-42-45-31-24-20-25-32-45)53(49)55(58)56(63-43-46-33-26-21-27-34-46)54(57)47-35-36-50(51(38-47)60-3)61-41-44-29-22-19-23-30-44/h19-27,29-36,38-40H,4-18,28,37,41-43H2,1-3H3. The van der Waals surface area contributed by atoms with Gasteiger partial charge in [0, 0.05) is 24.2 Å². The first-order valence-corrected chi connectivity index (χ1v) is 23.6. The van der Waals surface area contributed by atoms with Gasteiger partial charge in [-0.25, -0.2) is 0 Å². The van der Waals surface area contributed by atoms with Crippen LogP contribution in [0.5, 0.6) is 28.7 Å². The number of fused-ring (bicyclic) bond motifs is 1.